The summed E-state index contributed by atoms with van der Waals surface area (Å²) in [5.41, 5.74) is 4.06. The first-order chi connectivity index (χ1) is 12.2. The number of ketones is 1. The van der Waals surface area contributed by atoms with Crippen LogP contribution in [0.1, 0.15) is 27.3 Å². The molecule has 0 bridgehead atoms. The summed E-state index contributed by atoms with van der Waals surface area (Å²) in [5.74, 6) is -2.28. The number of carbonyl (C=O) groups excluding carboxylic acids is 4. The number of urea groups is 1. The van der Waals surface area contributed by atoms with Crippen molar-refractivity contribution in [3.8, 4) is 5.69 Å². The highest BCUT2D eigenvalue weighted by Crippen LogP contribution is 2.22. The maximum Gasteiger partial charge on any atom is 0.334 e. The first kappa shape index (κ1) is 17.6. The van der Waals surface area contributed by atoms with Gasteiger partial charge in [-0.3, -0.25) is 19.3 Å². The first-order valence-electron chi connectivity index (χ1n) is 8.15. The van der Waals surface area contributed by atoms with Gasteiger partial charge in [0.2, 0.25) is 0 Å². The molecule has 0 aliphatic carbocycles. The van der Waals surface area contributed by atoms with E-state index in [9.17, 15) is 19.2 Å². The lowest BCUT2D eigenvalue weighted by Crippen LogP contribution is -2.36. The summed E-state index contributed by atoms with van der Waals surface area (Å²) in [6.07, 6.45) is 0. The van der Waals surface area contributed by atoms with Gasteiger partial charge in [-0.05, 0) is 39.0 Å². The van der Waals surface area contributed by atoms with Crippen LogP contribution < -0.4 is 0 Å². The summed E-state index contributed by atoms with van der Waals surface area (Å²) >= 11 is 0. The van der Waals surface area contributed by atoms with Gasteiger partial charge in [-0.25, -0.2) is 9.69 Å². The minimum absolute atomic E-state index is 0.388. The molecule has 1 aliphatic rings. The summed E-state index contributed by atoms with van der Waals surface area (Å²) < 4.78 is 1.94. The van der Waals surface area contributed by atoms with Crippen molar-refractivity contribution in [2.24, 2.45) is 0 Å². The quantitative estimate of drug-likeness (QED) is 0.478. The highest BCUT2D eigenvalue weighted by atomic mass is 16.2. The Balaban J connectivity index is 1.91. The lowest BCUT2D eigenvalue weighted by Gasteiger charge is -2.13. The van der Waals surface area contributed by atoms with Crippen LogP contribution in [0, 0.1) is 20.8 Å². The second-order valence-electron chi connectivity index (χ2n) is 6.42. The van der Waals surface area contributed by atoms with Gasteiger partial charge in [0.25, 0.3) is 0 Å². The van der Waals surface area contributed by atoms with Gasteiger partial charge in [0.05, 0.1) is 6.54 Å². The van der Waals surface area contributed by atoms with Crippen molar-refractivity contribution in [2.45, 2.75) is 20.8 Å². The van der Waals surface area contributed by atoms with Crippen LogP contribution in [0.2, 0.25) is 0 Å². The van der Waals surface area contributed by atoms with Gasteiger partial charge in [-0.1, -0.05) is 17.7 Å². The number of amides is 4. The Morgan fingerprint density at radius 1 is 0.962 bits per heavy atom. The number of nitrogens with zero attached hydrogens (tertiary/aromatic N) is 3. The third-order valence-corrected chi connectivity index (χ3v) is 4.58. The molecule has 2 aromatic rings. The number of hydrogen-bond donors (Lipinski definition) is 0. The molecule has 1 aromatic carbocycles. The molecule has 4 amide bonds. The Hall–Kier alpha value is -3.22. The number of carbonyl (C=O) groups is 4. The van der Waals surface area contributed by atoms with Crippen LogP contribution in [0.4, 0.5) is 4.79 Å². The number of imide groups is 2. The lowest BCUT2D eigenvalue weighted by atomic mass is 10.1. The van der Waals surface area contributed by atoms with Crippen LogP contribution in [0.25, 0.3) is 5.69 Å². The van der Waals surface area contributed by atoms with Crippen molar-refractivity contribution < 1.29 is 19.2 Å². The summed E-state index contributed by atoms with van der Waals surface area (Å²) in [5, 5.41) is 0. The molecule has 0 atom stereocenters. The topological polar surface area (TPSA) is 79.7 Å². The predicted molar refractivity (Wildman–Crippen MR) is 94.2 cm³/mol. The molecule has 1 aromatic heterocycles. The van der Waals surface area contributed by atoms with Crippen molar-refractivity contribution in [1.29, 1.82) is 0 Å². The molecular formula is C19H19N3O4. The fourth-order valence-corrected chi connectivity index (χ4v) is 3.12. The van der Waals surface area contributed by atoms with Gasteiger partial charge < -0.3 is 4.57 Å². The summed E-state index contributed by atoms with van der Waals surface area (Å²) in [4.78, 5) is 49.5. The standard InChI is InChI=1S/C19H19N3O4/c1-11-5-7-14(8-6-11)22-12(2)9-15(13(22)3)16(23)10-21-18(25)17(24)20(4)19(21)26/h5-9H,10H2,1-4H3. The number of benzene rings is 1. The number of likely N-dealkylation sites (N-methyl/N-ethyl adjacent to an activating group) is 1. The molecule has 0 saturated carbocycles. The van der Waals surface area contributed by atoms with Gasteiger partial charge >= 0.3 is 17.8 Å². The Labute approximate surface area is 150 Å². The lowest BCUT2D eigenvalue weighted by molar-refractivity contribution is -0.142. The van der Waals surface area contributed by atoms with E-state index in [1.54, 1.807) is 6.07 Å². The van der Waals surface area contributed by atoms with Crippen LogP contribution in [0.15, 0.2) is 30.3 Å². The number of rotatable bonds is 4. The molecule has 0 spiro atoms. The summed E-state index contributed by atoms with van der Waals surface area (Å²) in [6, 6.07) is 8.85. The Kier molecular flexibility index (Phi) is 4.23. The molecule has 134 valence electrons. The fourth-order valence-electron chi connectivity index (χ4n) is 3.12. The van der Waals surface area contributed by atoms with E-state index in [-0.39, 0.29) is 5.78 Å². The van der Waals surface area contributed by atoms with Crippen molar-refractivity contribution in [2.75, 3.05) is 13.6 Å². The minimum Gasteiger partial charge on any atom is -0.318 e. The predicted octanol–water partition coefficient (Wildman–Crippen LogP) is 2.01. The van der Waals surface area contributed by atoms with Crippen LogP contribution in [-0.2, 0) is 9.59 Å². The maximum absolute atomic E-state index is 12.7. The number of Topliss-reactive ketones (excluding diaryl/α,β-unsaturated/α-hetero) is 1. The van der Waals surface area contributed by atoms with E-state index >= 15 is 0 Å². The Morgan fingerprint density at radius 3 is 2.12 bits per heavy atom. The van der Waals surface area contributed by atoms with E-state index in [0.29, 0.717) is 15.4 Å². The smallest absolute Gasteiger partial charge is 0.318 e. The molecule has 1 aliphatic heterocycles. The number of hydrogen-bond acceptors (Lipinski definition) is 4. The zero-order valence-corrected chi connectivity index (χ0v) is 15.1. The van der Waals surface area contributed by atoms with Crippen molar-refractivity contribution in [3.05, 3.63) is 52.8 Å². The maximum atomic E-state index is 12.7. The summed E-state index contributed by atoms with van der Waals surface area (Å²) in [6.45, 7) is 5.24. The molecule has 0 N–H and O–H groups in total. The Morgan fingerprint density at radius 2 is 1.58 bits per heavy atom. The van der Waals surface area contributed by atoms with Gasteiger partial charge in [-0.15, -0.1) is 0 Å². The Bertz CT molecular complexity index is 940. The second-order valence-corrected chi connectivity index (χ2v) is 6.42. The van der Waals surface area contributed by atoms with Crippen molar-refractivity contribution in [3.63, 3.8) is 0 Å². The van der Waals surface area contributed by atoms with Gasteiger partial charge in [0, 0.05) is 29.7 Å². The third-order valence-electron chi connectivity index (χ3n) is 4.58. The highest BCUT2D eigenvalue weighted by molar-refractivity contribution is 6.45. The van der Waals surface area contributed by atoms with Gasteiger partial charge in [0.1, 0.15) is 0 Å². The third kappa shape index (κ3) is 2.71. The van der Waals surface area contributed by atoms with Gasteiger partial charge in [-0.2, -0.15) is 0 Å². The molecule has 0 unspecified atom stereocenters. The molecule has 7 nitrogen and oxygen atoms in total. The van der Waals surface area contributed by atoms with Crippen LogP contribution in [0.5, 0.6) is 0 Å². The number of aryl methyl sites for hydroxylation is 2. The second kappa shape index (κ2) is 6.25. The molecular weight excluding hydrogens is 334 g/mol. The molecule has 2 heterocycles. The monoisotopic (exact) mass is 353 g/mol. The minimum atomic E-state index is -0.974. The molecule has 1 saturated heterocycles. The number of aromatic nitrogens is 1. The van der Waals surface area contributed by atoms with E-state index < -0.39 is 24.4 Å². The van der Waals surface area contributed by atoms with Crippen LogP contribution in [0.3, 0.4) is 0 Å². The summed E-state index contributed by atoms with van der Waals surface area (Å²) in [7, 11) is 1.22. The molecule has 7 heteroatoms. The zero-order valence-electron chi connectivity index (χ0n) is 15.1. The molecule has 1 fully saturated rings. The normalized spacial score (nSPS) is 14.5. The van der Waals surface area contributed by atoms with E-state index in [4.69, 9.17) is 0 Å². The molecule has 26 heavy (non-hydrogen) atoms. The van der Waals surface area contributed by atoms with Crippen molar-refractivity contribution >= 4 is 23.6 Å². The van der Waals surface area contributed by atoms with E-state index in [1.807, 2.05) is 49.6 Å². The zero-order chi connectivity index (χ0) is 19.2. The van der Waals surface area contributed by atoms with E-state index in [2.05, 4.69) is 0 Å². The SMILES string of the molecule is Cc1ccc(-n2c(C)cc(C(=O)CN3C(=O)C(=O)N(C)C3=O)c2C)cc1. The largest absolute Gasteiger partial charge is 0.334 e. The van der Waals surface area contributed by atoms with Gasteiger partial charge in [0.15, 0.2) is 5.78 Å². The average molecular weight is 353 g/mol. The van der Waals surface area contributed by atoms with E-state index in [0.717, 1.165) is 22.6 Å². The molecule has 3 rings (SSSR count). The fraction of sp³-hybridized carbons (Fsp3) is 0.263. The molecule has 0 radical (unpaired) electrons. The van der Waals surface area contributed by atoms with Crippen LogP contribution in [-0.4, -0.2) is 51.6 Å². The van der Waals surface area contributed by atoms with Crippen LogP contribution >= 0.6 is 0 Å². The van der Waals surface area contributed by atoms with E-state index in [1.165, 1.54) is 7.05 Å². The highest BCUT2D eigenvalue weighted by Gasteiger charge is 2.43. The first-order valence-corrected chi connectivity index (χ1v) is 8.15. The van der Waals surface area contributed by atoms with Crippen molar-refractivity contribution in [1.82, 2.24) is 14.4 Å². The average Bonchev–Trinajstić information content (AvgIpc) is 3.00.